The van der Waals surface area contributed by atoms with E-state index < -0.39 is 17.6 Å². The monoisotopic (exact) mass is 585 g/mol. The maximum absolute atomic E-state index is 13.0. The van der Waals surface area contributed by atoms with Gasteiger partial charge in [0, 0.05) is 11.4 Å². The number of hydrogen-bond acceptors (Lipinski definition) is 5. The van der Waals surface area contributed by atoms with Gasteiger partial charge in [-0.3, -0.25) is 9.59 Å². The Morgan fingerprint density at radius 1 is 1.11 bits per heavy atom. The van der Waals surface area contributed by atoms with Crippen LogP contribution in [0.3, 0.4) is 0 Å². The van der Waals surface area contributed by atoms with Crippen molar-refractivity contribution in [3.63, 3.8) is 0 Å². The molecule has 2 N–H and O–H groups in total. The summed E-state index contributed by atoms with van der Waals surface area (Å²) in [4.78, 5) is 24.8. The second kappa shape index (κ2) is 12.0. The molecule has 0 aliphatic carbocycles. The Morgan fingerprint density at radius 3 is 2.49 bits per heavy atom. The van der Waals surface area contributed by atoms with Gasteiger partial charge in [0.25, 0.3) is 11.8 Å². The maximum Gasteiger partial charge on any atom is 0.266 e. The molecular weight excluding hydrogens is 564 g/mol. The van der Waals surface area contributed by atoms with E-state index in [1.54, 1.807) is 24.3 Å². The number of benzene rings is 3. The maximum atomic E-state index is 13.0. The minimum atomic E-state index is -0.534. The quantitative estimate of drug-likeness (QED) is 0.212. The smallest absolute Gasteiger partial charge is 0.266 e. The number of nitriles is 1. The van der Waals surface area contributed by atoms with E-state index >= 15 is 0 Å². The molecule has 0 saturated carbocycles. The summed E-state index contributed by atoms with van der Waals surface area (Å²) in [6, 6.07) is 17.9. The molecule has 3 aromatic carbocycles. The van der Waals surface area contributed by atoms with Crippen LogP contribution in [0, 0.1) is 27.6 Å². The first-order valence-electron chi connectivity index (χ1n) is 10.3. The van der Waals surface area contributed by atoms with Crippen molar-refractivity contribution in [3.05, 3.63) is 86.8 Å². The van der Waals surface area contributed by atoms with Gasteiger partial charge in [-0.15, -0.1) is 0 Å². The summed E-state index contributed by atoms with van der Waals surface area (Å²) in [5.74, 6) is -0.705. The molecule has 0 spiro atoms. The van der Waals surface area contributed by atoms with Crippen LogP contribution in [0.2, 0.25) is 0 Å². The van der Waals surface area contributed by atoms with Gasteiger partial charge in [0.1, 0.15) is 17.5 Å². The molecule has 0 aromatic heterocycles. The predicted octanol–water partition coefficient (Wildman–Crippen LogP) is 5.31. The molecule has 0 aliphatic rings. The molecule has 3 rings (SSSR count). The second-order valence-electron chi connectivity index (χ2n) is 7.32. The van der Waals surface area contributed by atoms with Crippen LogP contribution >= 0.6 is 22.6 Å². The van der Waals surface area contributed by atoms with Gasteiger partial charge in [-0.05, 0) is 89.2 Å². The molecule has 0 saturated heterocycles. The number of ether oxygens (including phenoxy) is 2. The molecule has 0 bridgehead atoms. The fourth-order valence-corrected chi connectivity index (χ4v) is 3.83. The molecule has 0 unspecified atom stereocenters. The molecule has 0 radical (unpaired) electrons. The average Bonchev–Trinajstić information content (AvgIpc) is 2.84. The topological polar surface area (TPSA) is 100 Å². The molecule has 0 fully saturated rings. The molecule has 0 heterocycles. The minimum absolute atomic E-state index is 0.0848. The van der Waals surface area contributed by atoms with Crippen LogP contribution in [0.15, 0.2) is 66.2 Å². The van der Waals surface area contributed by atoms with E-state index in [4.69, 9.17) is 9.47 Å². The number of rotatable bonds is 8. The number of carbonyl (C=O) groups excluding carboxylic acids is 2. The summed E-state index contributed by atoms with van der Waals surface area (Å²) in [5.41, 5.74) is 2.40. The third-order valence-corrected chi connectivity index (χ3v) is 5.60. The van der Waals surface area contributed by atoms with Crippen molar-refractivity contribution in [2.24, 2.45) is 0 Å². The summed E-state index contributed by atoms with van der Waals surface area (Å²) in [5, 5.41) is 14.9. The first kappa shape index (κ1) is 25.7. The van der Waals surface area contributed by atoms with Crippen molar-refractivity contribution in [2.45, 2.75) is 6.92 Å². The Hall–Kier alpha value is -3.91. The first-order valence-corrected chi connectivity index (χ1v) is 11.4. The summed E-state index contributed by atoms with van der Waals surface area (Å²) in [7, 11) is 1.44. The molecular formula is C26H21FIN3O4. The zero-order valence-corrected chi connectivity index (χ0v) is 21.1. The number of nitrogens with one attached hydrogen (secondary N) is 2. The van der Waals surface area contributed by atoms with Crippen LogP contribution in [0.4, 0.5) is 15.8 Å². The van der Waals surface area contributed by atoms with Crippen molar-refractivity contribution in [2.75, 3.05) is 24.4 Å². The van der Waals surface area contributed by atoms with Gasteiger partial charge in [0.05, 0.1) is 10.7 Å². The van der Waals surface area contributed by atoms with Crippen LogP contribution in [-0.2, 0) is 9.59 Å². The number of halogens is 2. The number of hydrogen-bond donors (Lipinski definition) is 2. The van der Waals surface area contributed by atoms with Crippen LogP contribution in [0.1, 0.15) is 11.1 Å². The van der Waals surface area contributed by atoms with E-state index in [1.807, 2.05) is 47.7 Å². The zero-order chi connectivity index (χ0) is 25.4. The van der Waals surface area contributed by atoms with Gasteiger partial charge in [-0.1, -0.05) is 18.2 Å². The number of anilines is 2. The Bertz CT molecular complexity index is 1320. The lowest BCUT2D eigenvalue weighted by molar-refractivity contribution is -0.118. The zero-order valence-electron chi connectivity index (χ0n) is 18.9. The number of para-hydroxylation sites is 1. The van der Waals surface area contributed by atoms with Crippen LogP contribution < -0.4 is 20.1 Å². The van der Waals surface area contributed by atoms with Crippen molar-refractivity contribution < 1.29 is 23.5 Å². The summed E-state index contributed by atoms with van der Waals surface area (Å²) >= 11 is 2.02. The lowest BCUT2D eigenvalue weighted by Crippen LogP contribution is -2.20. The third-order valence-electron chi connectivity index (χ3n) is 4.80. The van der Waals surface area contributed by atoms with E-state index in [2.05, 4.69) is 10.6 Å². The summed E-state index contributed by atoms with van der Waals surface area (Å²) in [6.07, 6.45) is 1.45. The van der Waals surface area contributed by atoms with Crippen molar-refractivity contribution in [3.8, 4) is 17.6 Å². The highest BCUT2D eigenvalue weighted by Gasteiger charge is 2.16. The lowest BCUT2D eigenvalue weighted by Gasteiger charge is -2.14. The largest absolute Gasteiger partial charge is 0.493 e. The van der Waals surface area contributed by atoms with Crippen LogP contribution in [-0.4, -0.2) is 25.5 Å². The molecule has 178 valence electrons. The number of methoxy groups -OCH3 is 1. The highest BCUT2D eigenvalue weighted by atomic mass is 127. The Balaban J connectivity index is 1.74. The Labute approximate surface area is 215 Å². The van der Waals surface area contributed by atoms with E-state index in [9.17, 15) is 19.2 Å². The fraction of sp³-hybridized carbons (Fsp3) is 0.115. The number of nitrogens with zero attached hydrogens (tertiary/aromatic N) is 1. The van der Waals surface area contributed by atoms with Gasteiger partial charge in [-0.2, -0.15) is 5.26 Å². The highest BCUT2D eigenvalue weighted by molar-refractivity contribution is 14.1. The molecule has 35 heavy (non-hydrogen) atoms. The molecule has 3 aromatic rings. The van der Waals surface area contributed by atoms with E-state index in [1.165, 1.54) is 37.5 Å². The highest BCUT2D eigenvalue weighted by Crippen LogP contribution is 2.34. The second-order valence-corrected chi connectivity index (χ2v) is 8.48. The SMILES string of the molecule is COc1cc(/C=C(/C#N)C(=O)Nc2ccccc2C)cc(I)c1OCC(=O)Nc1ccc(F)cc1. The molecule has 2 amide bonds. The number of aryl methyl sites for hydroxylation is 1. The molecule has 0 aliphatic heterocycles. The lowest BCUT2D eigenvalue weighted by atomic mass is 10.1. The molecule has 9 heteroatoms. The average molecular weight is 585 g/mol. The fourth-order valence-electron chi connectivity index (χ4n) is 3.05. The summed E-state index contributed by atoms with van der Waals surface area (Å²) < 4.78 is 24.7. The minimum Gasteiger partial charge on any atom is -0.493 e. The standard InChI is InChI=1S/C26H21FIN3O4/c1-16-5-3-4-6-22(16)31-26(33)18(14-29)11-17-12-21(28)25(23(13-17)34-2)35-15-24(32)30-20-9-7-19(27)8-10-20/h3-13H,15H2,1-2H3,(H,30,32)(H,31,33)/b18-11-. The van der Waals surface area contributed by atoms with Crippen molar-refractivity contribution in [1.29, 1.82) is 5.26 Å². The van der Waals surface area contributed by atoms with Crippen LogP contribution in [0.5, 0.6) is 11.5 Å². The van der Waals surface area contributed by atoms with E-state index in [0.29, 0.717) is 32.0 Å². The first-order chi connectivity index (χ1) is 16.8. The van der Waals surface area contributed by atoms with Gasteiger partial charge in [0.2, 0.25) is 0 Å². The predicted molar refractivity (Wildman–Crippen MR) is 140 cm³/mol. The van der Waals surface area contributed by atoms with E-state index in [-0.39, 0.29) is 12.2 Å². The van der Waals surface area contributed by atoms with Crippen LogP contribution in [0.25, 0.3) is 6.08 Å². The molecule has 7 nitrogen and oxygen atoms in total. The summed E-state index contributed by atoms with van der Waals surface area (Å²) in [6.45, 7) is 1.55. The normalized spacial score (nSPS) is 10.8. The number of carbonyl (C=O) groups is 2. The van der Waals surface area contributed by atoms with Gasteiger partial charge < -0.3 is 20.1 Å². The van der Waals surface area contributed by atoms with Crippen molar-refractivity contribution in [1.82, 2.24) is 0 Å². The van der Waals surface area contributed by atoms with Gasteiger partial charge >= 0.3 is 0 Å². The van der Waals surface area contributed by atoms with Gasteiger partial charge in [-0.25, -0.2) is 4.39 Å². The molecule has 0 atom stereocenters. The van der Waals surface area contributed by atoms with E-state index in [0.717, 1.165) is 5.56 Å². The van der Waals surface area contributed by atoms with Gasteiger partial charge in [0.15, 0.2) is 18.1 Å². The number of amides is 2. The third kappa shape index (κ3) is 7.04. The Kier molecular flexibility index (Phi) is 8.80. The Morgan fingerprint density at radius 2 is 1.83 bits per heavy atom. The van der Waals surface area contributed by atoms with Crippen molar-refractivity contribution >= 4 is 51.9 Å².